The lowest BCUT2D eigenvalue weighted by molar-refractivity contribution is 0.0824. The highest BCUT2D eigenvalue weighted by molar-refractivity contribution is 5.14. The molecule has 1 heterocycles. The number of benzene rings is 1. The highest BCUT2D eigenvalue weighted by Crippen LogP contribution is 2.19. The van der Waals surface area contributed by atoms with Gasteiger partial charge in [0.25, 0.3) is 0 Å². The van der Waals surface area contributed by atoms with Crippen molar-refractivity contribution < 1.29 is 5.11 Å². The van der Waals surface area contributed by atoms with Crippen molar-refractivity contribution in [3.63, 3.8) is 0 Å². The summed E-state index contributed by atoms with van der Waals surface area (Å²) in [6.07, 6.45) is 1.12. The third-order valence-electron chi connectivity index (χ3n) is 3.85. The fraction of sp³-hybridized carbons (Fsp3) is 0.625. The van der Waals surface area contributed by atoms with Crippen molar-refractivity contribution in [2.24, 2.45) is 5.92 Å². The topological polar surface area (TPSA) is 35.5 Å². The molecule has 1 aliphatic rings. The summed E-state index contributed by atoms with van der Waals surface area (Å²) in [7, 11) is 0. The molecule has 0 bridgehead atoms. The van der Waals surface area contributed by atoms with Crippen LogP contribution in [0.3, 0.4) is 0 Å². The Labute approximate surface area is 116 Å². The minimum Gasteiger partial charge on any atom is -0.396 e. The van der Waals surface area contributed by atoms with Crippen LogP contribution in [0.4, 0.5) is 0 Å². The van der Waals surface area contributed by atoms with Crippen LogP contribution in [-0.4, -0.2) is 41.8 Å². The average Bonchev–Trinajstić information content (AvgIpc) is 2.41. The Morgan fingerprint density at radius 2 is 2.05 bits per heavy atom. The Hall–Kier alpha value is -0.900. The second kappa shape index (κ2) is 7.04. The van der Waals surface area contributed by atoms with Gasteiger partial charge in [-0.05, 0) is 18.5 Å². The highest BCUT2D eigenvalue weighted by atomic mass is 16.3. The maximum Gasteiger partial charge on any atom is 0.0486 e. The van der Waals surface area contributed by atoms with E-state index in [9.17, 15) is 5.11 Å². The predicted octanol–water partition coefficient (Wildman–Crippen LogP) is 1.87. The minimum absolute atomic E-state index is 0.273. The molecular weight excluding hydrogens is 236 g/mol. The number of likely N-dealkylation sites (tertiary alicyclic amines) is 1. The summed E-state index contributed by atoms with van der Waals surface area (Å²) in [5.74, 6) is 0.347. The van der Waals surface area contributed by atoms with Crippen LogP contribution in [-0.2, 0) is 6.54 Å². The molecule has 2 atom stereocenters. The van der Waals surface area contributed by atoms with Gasteiger partial charge >= 0.3 is 0 Å². The molecule has 3 heteroatoms. The molecule has 3 nitrogen and oxygen atoms in total. The number of aliphatic hydroxyl groups is 1. The van der Waals surface area contributed by atoms with E-state index in [4.69, 9.17) is 0 Å². The normalized spacial score (nSPS) is 24.8. The number of hydrogen-bond acceptors (Lipinski definition) is 3. The standard InChI is InChI=1S/C16H26N2O/c1-13(2)17-16-8-9-18(11-15(16)12-19)10-14-6-4-3-5-7-14/h3-7,13,15-17,19H,8-12H2,1-2H3/t15-,16-/m1/s1. The van der Waals surface area contributed by atoms with Crippen LogP contribution >= 0.6 is 0 Å². The third kappa shape index (κ3) is 4.30. The molecule has 0 aliphatic carbocycles. The largest absolute Gasteiger partial charge is 0.396 e. The molecule has 106 valence electrons. The van der Waals surface area contributed by atoms with Crippen molar-refractivity contribution in [2.45, 2.75) is 38.9 Å². The SMILES string of the molecule is CC(C)N[C@@H]1CCN(Cc2ccccc2)C[C@@H]1CO. The van der Waals surface area contributed by atoms with Crippen LogP contribution in [0.5, 0.6) is 0 Å². The molecule has 1 saturated heterocycles. The summed E-state index contributed by atoms with van der Waals surface area (Å²) >= 11 is 0. The smallest absolute Gasteiger partial charge is 0.0486 e. The number of piperidine rings is 1. The van der Waals surface area contributed by atoms with E-state index < -0.39 is 0 Å². The number of nitrogens with one attached hydrogen (secondary N) is 1. The first-order valence-electron chi connectivity index (χ1n) is 7.32. The van der Waals surface area contributed by atoms with Crippen molar-refractivity contribution in [2.75, 3.05) is 19.7 Å². The van der Waals surface area contributed by atoms with E-state index in [2.05, 4.69) is 54.4 Å². The maximum atomic E-state index is 9.59. The zero-order chi connectivity index (χ0) is 13.7. The lowest BCUT2D eigenvalue weighted by Gasteiger charge is -2.39. The molecule has 0 amide bonds. The molecule has 2 N–H and O–H groups in total. The average molecular weight is 262 g/mol. The lowest BCUT2D eigenvalue weighted by atomic mass is 9.92. The van der Waals surface area contributed by atoms with E-state index in [1.54, 1.807) is 0 Å². The van der Waals surface area contributed by atoms with Gasteiger partial charge in [-0.2, -0.15) is 0 Å². The Kier molecular flexibility index (Phi) is 5.37. The molecule has 1 aromatic carbocycles. The first kappa shape index (κ1) is 14.5. The monoisotopic (exact) mass is 262 g/mol. The van der Waals surface area contributed by atoms with Crippen molar-refractivity contribution in [3.8, 4) is 0 Å². The number of hydrogen-bond donors (Lipinski definition) is 2. The van der Waals surface area contributed by atoms with Crippen LogP contribution in [0.1, 0.15) is 25.8 Å². The fourth-order valence-electron chi connectivity index (χ4n) is 2.93. The van der Waals surface area contributed by atoms with Crippen LogP contribution in [0.25, 0.3) is 0 Å². The molecule has 0 spiro atoms. The van der Waals surface area contributed by atoms with E-state index in [0.717, 1.165) is 26.1 Å². The van der Waals surface area contributed by atoms with Crippen molar-refractivity contribution >= 4 is 0 Å². The van der Waals surface area contributed by atoms with E-state index in [1.165, 1.54) is 5.56 Å². The second-order valence-corrected chi connectivity index (χ2v) is 5.88. The number of rotatable bonds is 5. The summed E-state index contributed by atoms with van der Waals surface area (Å²) in [4.78, 5) is 2.45. The molecule has 0 aromatic heterocycles. The van der Waals surface area contributed by atoms with Crippen LogP contribution in [0, 0.1) is 5.92 Å². The maximum absolute atomic E-state index is 9.59. The van der Waals surface area contributed by atoms with E-state index in [1.807, 2.05) is 0 Å². The van der Waals surface area contributed by atoms with Gasteiger partial charge in [-0.15, -0.1) is 0 Å². The van der Waals surface area contributed by atoms with Gasteiger partial charge in [0.1, 0.15) is 0 Å². The molecule has 19 heavy (non-hydrogen) atoms. The molecular formula is C16H26N2O. The Morgan fingerprint density at radius 3 is 2.68 bits per heavy atom. The molecule has 2 rings (SSSR count). The summed E-state index contributed by atoms with van der Waals surface area (Å²) in [6, 6.07) is 11.5. The van der Waals surface area contributed by atoms with Gasteiger partial charge < -0.3 is 10.4 Å². The van der Waals surface area contributed by atoms with Gasteiger partial charge in [0.15, 0.2) is 0 Å². The van der Waals surface area contributed by atoms with Crippen LogP contribution < -0.4 is 5.32 Å². The molecule has 0 unspecified atom stereocenters. The zero-order valence-electron chi connectivity index (χ0n) is 12.0. The van der Waals surface area contributed by atoms with E-state index in [0.29, 0.717) is 18.0 Å². The quantitative estimate of drug-likeness (QED) is 0.850. The third-order valence-corrected chi connectivity index (χ3v) is 3.85. The van der Waals surface area contributed by atoms with Gasteiger partial charge in [0, 0.05) is 37.7 Å². The first-order chi connectivity index (χ1) is 9.19. The summed E-state index contributed by atoms with van der Waals surface area (Å²) in [5.41, 5.74) is 1.36. The van der Waals surface area contributed by atoms with Gasteiger partial charge in [-0.3, -0.25) is 4.90 Å². The molecule has 1 aliphatic heterocycles. The van der Waals surface area contributed by atoms with Crippen molar-refractivity contribution in [3.05, 3.63) is 35.9 Å². The van der Waals surface area contributed by atoms with Gasteiger partial charge in [0.05, 0.1) is 0 Å². The number of nitrogens with zero attached hydrogens (tertiary/aromatic N) is 1. The van der Waals surface area contributed by atoms with Crippen LogP contribution in [0.15, 0.2) is 30.3 Å². The molecule has 1 aromatic rings. The fourth-order valence-corrected chi connectivity index (χ4v) is 2.93. The Balaban J connectivity index is 1.89. The van der Waals surface area contributed by atoms with Crippen molar-refractivity contribution in [1.29, 1.82) is 0 Å². The minimum atomic E-state index is 0.273. The summed E-state index contributed by atoms with van der Waals surface area (Å²) < 4.78 is 0. The van der Waals surface area contributed by atoms with Gasteiger partial charge in [-0.1, -0.05) is 44.2 Å². The molecule has 0 saturated carbocycles. The Morgan fingerprint density at radius 1 is 1.32 bits per heavy atom. The van der Waals surface area contributed by atoms with Crippen molar-refractivity contribution in [1.82, 2.24) is 10.2 Å². The van der Waals surface area contributed by atoms with Gasteiger partial charge in [0.2, 0.25) is 0 Å². The first-order valence-corrected chi connectivity index (χ1v) is 7.32. The van der Waals surface area contributed by atoms with E-state index >= 15 is 0 Å². The van der Waals surface area contributed by atoms with Gasteiger partial charge in [-0.25, -0.2) is 0 Å². The summed E-state index contributed by atoms with van der Waals surface area (Å²) in [5, 5.41) is 13.2. The second-order valence-electron chi connectivity index (χ2n) is 5.88. The molecule has 1 fully saturated rings. The highest BCUT2D eigenvalue weighted by Gasteiger charge is 2.28. The van der Waals surface area contributed by atoms with Crippen LogP contribution in [0.2, 0.25) is 0 Å². The summed E-state index contributed by atoms with van der Waals surface area (Å²) in [6.45, 7) is 7.70. The lowest BCUT2D eigenvalue weighted by Crippen LogP contribution is -2.52. The zero-order valence-corrected chi connectivity index (χ0v) is 12.0. The number of aliphatic hydroxyl groups excluding tert-OH is 1. The van der Waals surface area contributed by atoms with E-state index in [-0.39, 0.29) is 6.61 Å². The Bertz CT molecular complexity index is 366. The molecule has 0 radical (unpaired) electrons. The predicted molar refractivity (Wildman–Crippen MR) is 79.0 cm³/mol.